The Morgan fingerprint density at radius 1 is 1.35 bits per heavy atom. The number of hydrogen-bond acceptors (Lipinski definition) is 3. The molecule has 0 fully saturated rings. The number of aryl methyl sites for hydroxylation is 1. The van der Waals surface area contributed by atoms with Gasteiger partial charge in [0.1, 0.15) is 10.8 Å². The molecule has 1 aromatic heterocycles. The largest absolute Gasteiger partial charge is 0.302 e. The number of benzene rings is 1. The zero-order valence-corrected chi connectivity index (χ0v) is 13.4. The van der Waals surface area contributed by atoms with Crippen LogP contribution < -0.4 is 5.32 Å². The van der Waals surface area contributed by atoms with E-state index >= 15 is 0 Å². The van der Waals surface area contributed by atoms with Crippen molar-refractivity contribution in [2.24, 2.45) is 0 Å². The van der Waals surface area contributed by atoms with Gasteiger partial charge in [0, 0.05) is 17.1 Å². The van der Waals surface area contributed by atoms with E-state index in [4.69, 9.17) is 11.6 Å². The van der Waals surface area contributed by atoms with Gasteiger partial charge in [-0.1, -0.05) is 24.6 Å². The maximum absolute atomic E-state index is 13.5. The average Bonchev–Trinajstić information content (AvgIpc) is 2.90. The van der Waals surface area contributed by atoms with Crippen LogP contribution in [-0.4, -0.2) is 4.98 Å². The normalized spacial score (nSPS) is 14.2. The smallest absolute Gasteiger partial charge is 0.142 e. The Bertz CT molecular complexity index is 585. The van der Waals surface area contributed by atoms with Gasteiger partial charge in [0.25, 0.3) is 0 Å². The molecule has 0 saturated heterocycles. The Morgan fingerprint density at radius 3 is 2.70 bits per heavy atom. The average molecular weight is 313 g/mol. The molecule has 1 aromatic carbocycles. The molecule has 20 heavy (non-hydrogen) atoms. The minimum absolute atomic E-state index is 0.0331. The highest BCUT2D eigenvalue weighted by molar-refractivity contribution is 7.11. The minimum Gasteiger partial charge on any atom is -0.302 e. The molecular formula is C15H18ClFN2S. The van der Waals surface area contributed by atoms with Crippen LogP contribution in [0.4, 0.5) is 4.39 Å². The van der Waals surface area contributed by atoms with Gasteiger partial charge in [0.15, 0.2) is 0 Å². The van der Waals surface area contributed by atoms with Crippen molar-refractivity contribution in [2.75, 3.05) is 0 Å². The molecule has 2 nitrogen and oxygen atoms in total. The van der Waals surface area contributed by atoms with Crippen LogP contribution in [0.3, 0.4) is 0 Å². The second kappa shape index (κ2) is 6.66. The second-order valence-corrected chi connectivity index (χ2v) is 6.36. The zero-order chi connectivity index (χ0) is 14.7. The number of rotatable bonds is 5. The first kappa shape index (κ1) is 15.4. The summed E-state index contributed by atoms with van der Waals surface area (Å²) in [6.07, 6.45) is 2.92. The topological polar surface area (TPSA) is 24.9 Å². The number of halogens is 2. The highest BCUT2D eigenvalue weighted by Crippen LogP contribution is 2.25. The van der Waals surface area contributed by atoms with E-state index < -0.39 is 0 Å². The van der Waals surface area contributed by atoms with Gasteiger partial charge in [-0.25, -0.2) is 9.37 Å². The van der Waals surface area contributed by atoms with Gasteiger partial charge in [0.05, 0.1) is 11.1 Å². The van der Waals surface area contributed by atoms with Crippen molar-refractivity contribution in [1.82, 2.24) is 10.3 Å². The molecule has 0 aliphatic rings. The lowest BCUT2D eigenvalue weighted by Crippen LogP contribution is -2.22. The summed E-state index contributed by atoms with van der Waals surface area (Å²) in [6.45, 7) is 6.20. The molecule has 5 heteroatoms. The predicted molar refractivity (Wildman–Crippen MR) is 82.9 cm³/mol. The molecule has 0 spiro atoms. The first-order valence-electron chi connectivity index (χ1n) is 6.66. The lowest BCUT2D eigenvalue weighted by molar-refractivity contribution is 0.490. The van der Waals surface area contributed by atoms with Crippen LogP contribution >= 0.6 is 22.9 Å². The number of aromatic nitrogens is 1. The molecule has 2 atom stereocenters. The van der Waals surface area contributed by atoms with Crippen LogP contribution in [0.2, 0.25) is 5.02 Å². The Morgan fingerprint density at radius 2 is 2.10 bits per heavy atom. The Hall–Kier alpha value is -0.970. The minimum atomic E-state index is -0.381. The Labute approximate surface area is 128 Å². The molecule has 2 aromatic rings. The fourth-order valence-electron chi connectivity index (χ4n) is 2.01. The molecule has 0 amide bonds. The summed E-state index contributed by atoms with van der Waals surface area (Å²) in [5.74, 6) is -0.381. The van der Waals surface area contributed by atoms with Crippen LogP contribution in [0, 0.1) is 5.82 Å². The van der Waals surface area contributed by atoms with Crippen LogP contribution in [0.5, 0.6) is 0 Å². The van der Waals surface area contributed by atoms with Gasteiger partial charge < -0.3 is 5.32 Å². The van der Waals surface area contributed by atoms with Crippen molar-refractivity contribution in [1.29, 1.82) is 0 Å². The summed E-state index contributed by atoms with van der Waals surface area (Å²) < 4.78 is 13.5. The first-order valence-corrected chi connectivity index (χ1v) is 7.86. The summed E-state index contributed by atoms with van der Waals surface area (Å²) in [5.41, 5.74) is 0.881. The maximum Gasteiger partial charge on any atom is 0.142 e. The standard InChI is InChI=1S/C15H18ClFN2S/c1-4-12-8-18-15(20-12)10(3)19-9(2)11-5-6-13(16)14(17)7-11/h5-10,19H,4H2,1-3H3. The summed E-state index contributed by atoms with van der Waals surface area (Å²) in [6, 6.07) is 5.08. The summed E-state index contributed by atoms with van der Waals surface area (Å²) >= 11 is 7.42. The number of hydrogen-bond donors (Lipinski definition) is 1. The molecule has 2 rings (SSSR count). The maximum atomic E-state index is 13.5. The van der Waals surface area contributed by atoms with Crippen molar-refractivity contribution < 1.29 is 4.39 Å². The predicted octanol–water partition coefficient (Wildman–Crippen LogP) is 4.91. The van der Waals surface area contributed by atoms with Crippen molar-refractivity contribution in [2.45, 2.75) is 39.3 Å². The lowest BCUT2D eigenvalue weighted by atomic mass is 10.1. The molecule has 1 heterocycles. The molecule has 0 saturated carbocycles. The van der Waals surface area contributed by atoms with E-state index in [1.807, 2.05) is 19.2 Å². The highest BCUT2D eigenvalue weighted by atomic mass is 35.5. The van der Waals surface area contributed by atoms with Gasteiger partial charge in [-0.15, -0.1) is 11.3 Å². The van der Waals surface area contributed by atoms with E-state index in [9.17, 15) is 4.39 Å². The molecule has 0 radical (unpaired) electrons. The zero-order valence-electron chi connectivity index (χ0n) is 11.8. The summed E-state index contributed by atoms with van der Waals surface area (Å²) in [7, 11) is 0. The molecule has 108 valence electrons. The van der Waals surface area contributed by atoms with Crippen LogP contribution in [-0.2, 0) is 6.42 Å². The molecule has 0 bridgehead atoms. The van der Waals surface area contributed by atoms with E-state index in [-0.39, 0.29) is 22.9 Å². The van der Waals surface area contributed by atoms with Gasteiger partial charge in [0.2, 0.25) is 0 Å². The van der Waals surface area contributed by atoms with Crippen LogP contribution in [0.15, 0.2) is 24.4 Å². The van der Waals surface area contributed by atoms with Gasteiger partial charge in [-0.3, -0.25) is 0 Å². The van der Waals surface area contributed by atoms with Crippen LogP contribution in [0.25, 0.3) is 0 Å². The summed E-state index contributed by atoms with van der Waals surface area (Å²) in [5, 5.41) is 4.65. The van der Waals surface area contributed by atoms with E-state index in [0.717, 1.165) is 17.0 Å². The number of nitrogens with zero attached hydrogens (tertiary/aromatic N) is 1. The van der Waals surface area contributed by atoms with Crippen molar-refractivity contribution in [3.05, 3.63) is 50.7 Å². The number of thiazole rings is 1. The molecule has 0 aliphatic carbocycles. The van der Waals surface area contributed by atoms with Crippen molar-refractivity contribution in [3.8, 4) is 0 Å². The third kappa shape index (κ3) is 3.57. The SMILES string of the molecule is CCc1cnc(C(C)NC(C)c2ccc(Cl)c(F)c2)s1. The van der Waals surface area contributed by atoms with E-state index in [0.29, 0.717) is 0 Å². The fraction of sp³-hybridized carbons (Fsp3) is 0.400. The third-order valence-electron chi connectivity index (χ3n) is 3.23. The Kier molecular flexibility index (Phi) is 5.13. The van der Waals surface area contributed by atoms with E-state index in [1.165, 1.54) is 10.9 Å². The molecular weight excluding hydrogens is 295 g/mol. The third-order valence-corrected chi connectivity index (χ3v) is 4.86. The monoisotopic (exact) mass is 312 g/mol. The highest BCUT2D eigenvalue weighted by Gasteiger charge is 2.15. The van der Waals surface area contributed by atoms with E-state index in [1.54, 1.807) is 17.4 Å². The Balaban J connectivity index is 2.06. The number of nitrogens with one attached hydrogen (secondary N) is 1. The van der Waals surface area contributed by atoms with Crippen molar-refractivity contribution >= 4 is 22.9 Å². The van der Waals surface area contributed by atoms with Gasteiger partial charge >= 0.3 is 0 Å². The van der Waals surface area contributed by atoms with Gasteiger partial charge in [-0.05, 0) is 38.0 Å². The second-order valence-electron chi connectivity index (χ2n) is 4.80. The quantitative estimate of drug-likeness (QED) is 0.848. The summed E-state index contributed by atoms with van der Waals surface area (Å²) in [4.78, 5) is 5.70. The molecule has 0 aliphatic heterocycles. The first-order chi connectivity index (χ1) is 9.51. The van der Waals surface area contributed by atoms with E-state index in [2.05, 4.69) is 24.1 Å². The molecule has 2 unspecified atom stereocenters. The van der Waals surface area contributed by atoms with Crippen molar-refractivity contribution in [3.63, 3.8) is 0 Å². The molecule has 1 N–H and O–H groups in total. The van der Waals surface area contributed by atoms with Crippen LogP contribution in [0.1, 0.15) is 48.3 Å². The fourth-order valence-corrected chi connectivity index (χ4v) is 3.00. The lowest BCUT2D eigenvalue weighted by Gasteiger charge is -2.19. The van der Waals surface area contributed by atoms with Gasteiger partial charge in [-0.2, -0.15) is 0 Å².